The first-order valence-electron chi connectivity index (χ1n) is 8.26. The third-order valence-electron chi connectivity index (χ3n) is 4.35. The molecule has 1 aliphatic rings. The highest BCUT2D eigenvalue weighted by molar-refractivity contribution is 5.36. The molecule has 5 nitrogen and oxygen atoms in total. The molecular formula is C18H23N3O2. The Balaban J connectivity index is 1.50. The summed E-state index contributed by atoms with van der Waals surface area (Å²) in [5, 5.41) is 4.06. The number of hydrogen-bond acceptors (Lipinski definition) is 4. The molecule has 0 spiro atoms. The molecule has 1 aliphatic heterocycles. The van der Waals surface area contributed by atoms with Crippen LogP contribution in [0.5, 0.6) is 5.75 Å². The molecule has 122 valence electrons. The summed E-state index contributed by atoms with van der Waals surface area (Å²) in [6.45, 7) is 5.33. The van der Waals surface area contributed by atoms with E-state index in [0.717, 1.165) is 24.4 Å². The van der Waals surface area contributed by atoms with E-state index in [1.54, 1.807) is 12.3 Å². The molecule has 2 aromatic rings. The van der Waals surface area contributed by atoms with E-state index in [0.29, 0.717) is 12.6 Å². The minimum atomic E-state index is -0.138. The van der Waals surface area contributed by atoms with Crippen LogP contribution in [-0.4, -0.2) is 40.4 Å². The summed E-state index contributed by atoms with van der Waals surface area (Å²) in [5.41, 5.74) is 0.606. The summed E-state index contributed by atoms with van der Waals surface area (Å²) >= 11 is 0. The number of likely N-dealkylation sites (tertiary alicyclic amines) is 1. The summed E-state index contributed by atoms with van der Waals surface area (Å²) in [6, 6.07) is 11.3. The van der Waals surface area contributed by atoms with E-state index in [4.69, 9.17) is 4.74 Å². The van der Waals surface area contributed by atoms with Crippen LogP contribution in [0.4, 0.5) is 0 Å². The van der Waals surface area contributed by atoms with Crippen molar-refractivity contribution in [1.29, 1.82) is 0 Å². The zero-order chi connectivity index (χ0) is 16.1. The highest BCUT2D eigenvalue weighted by atomic mass is 16.5. The molecule has 23 heavy (non-hydrogen) atoms. The Kier molecular flexibility index (Phi) is 5.08. The second kappa shape index (κ2) is 7.42. The minimum absolute atomic E-state index is 0.138. The van der Waals surface area contributed by atoms with Crippen molar-refractivity contribution in [2.24, 2.45) is 0 Å². The lowest BCUT2D eigenvalue weighted by Gasteiger charge is -2.20. The second-order valence-electron chi connectivity index (χ2n) is 6.00. The van der Waals surface area contributed by atoms with E-state index in [1.165, 1.54) is 30.1 Å². The highest BCUT2D eigenvalue weighted by Gasteiger charge is 2.18. The van der Waals surface area contributed by atoms with Crippen LogP contribution in [0.15, 0.2) is 47.4 Å². The van der Waals surface area contributed by atoms with Crippen LogP contribution in [-0.2, 0) is 0 Å². The van der Waals surface area contributed by atoms with Crippen LogP contribution < -0.4 is 10.3 Å². The Morgan fingerprint density at radius 2 is 2.09 bits per heavy atom. The van der Waals surface area contributed by atoms with Crippen LogP contribution >= 0.6 is 0 Å². The normalized spacial score (nSPS) is 18.2. The molecule has 1 aromatic heterocycles. The van der Waals surface area contributed by atoms with Gasteiger partial charge in [-0.15, -0.1) is 0 Å². The van der Waals surface area contributed by atoms with Gasteiger partial charge in [0.15, 0.2) is 0 Å². The lowest BCUT2D eigenvalue weighted by Crippen LogP contribution is -2.28. The van der Waals surface area contributed by atoms with E-state index < -0.39 is 0 Å². The number of nitrogens with zero attached hydrogens (tertiary/aromatic N) is 3. The standard InChI is InChI=1S/C18H23N3O2/c1-15-5-3-12-20(15)13-4-14-23-17-9-7-16(8-10-17)21-18(22)6-2-11-19-21/h2,6-11,15H,3-5,12-14H2,1H3. The first-order chi connectivity index (χ1) is 11.2. The Morgan fingerprint density at radius 1 is 1.26 bits per heavy atom. The zero-order valence-corrected chi connectivity index (χ0v) is 13.5. The second-order valence-corrected chi connectivity index (χ2v) is 6.00. The number of aromatic nitrogens is 2. The fraction of sp³-hybridized carbons (Fsp3) is 0.444. The van der Waals surface area contributed by atoms with Crippen LogP contribution in [0.3, 0.4) is 0 Å². The largest absolute Gasteiger partial charge is 0.494 e. The first-order valence-corrected chi connectivity index (χ1v) is 8.26. The lowest BCUT2D eigenvalue weighted by molar-refractivity contribution is 0.230. The van der Waals surface area contributed by atoms with Gasteiger partial charge in [0.1, 0.15) is 5.75 Å². The van der Waals surface area contributed by atoms with Crippen molar-refractivity contribution >= 4 is 0 Å². The Labute approximate surface area is 136 Å². The number of ether oxygens (including phenoxy) is 1. The van der Waals surface area contributed by atoms with E-state index in [9.17, 15) is 4.79 Å². The van der Waals surface area contributed by atoms with Crippen molar-refractivity contribution in [3.8, 4) is 11.4 Å². The number of rotatable bonds is 6. The van der Waals surface area contributed by atoms with Gasteiger partial charge >= 0.3 is 0 Å². The zero-order valence-electron chi connectivity index (χ0n) is 13.5. The summed E-state index contributed by atoms with van der Waals surface area (Å²) in [6.07, 6.45) is 5.27. The Morgan fingerprint density at radius 3 is 2.78 bits per heavy atom. The predicted octanol–water partition coefficient (Wildman–Crippen LogP) is 2.49. The number of benzene rings is 1. The Hall–Kier alpha value is -2.14. The van der Waals surface area contributed by atoms with Crippen LogP contribution in [0.2, 0.25) is 0 Å². The smallest absolute Gasteiger partial charge is 0.271 e. The molecule has 0 aliphatic carbocycles. The van der Waals surface area contributed by atoms with Gasteiger partial charge in [-0.05, 0) is 63.1 Å². The molecule has 1 aromatic carbocycles. The molecular weight excluding hydrogens is 290 g/mol. The van der Waals surface area contributed by atoms with Gasteiger partial charge in [-0.1, -0.05) is 0 Å². The van der Waals surface area contributed by atoms with Gasteiger partial charge in [0.05, 0.1) is 12.3 Å². The molecule has 0 saturated carbocycles. The van der Waals surface area contributed by atoms with E-state index >= 15 is 0 Å². The maximum absolute atomic E-state index is 11.7. The summed E-state index contributed by atoms with van der Waals surface area (Å²) < 4.78 is 7.16. The van der Waals surface area contributed by atoms with Crippen LogP contribution in [0.25, 0.3) is 5.69 Å². The van der Waals surface area contributed by atoms with E-state index in [-0.39, 0.29) is 5.56 Å². The van der Waals surface area contributed by atoms with Gasteiger partial charge < -0.3 is 9.64 Å². The van der Waals surface area contributed by atoms with Crippen LogP contribution in [0.1, 0.15) is 26.2 Å². The molecule has 0 bridgehead atoms. The quantitative estimate of drug-likeness (QED) is 0.769. The van der Waals surface area contributed by atoms with Gasteiger partial charge in [0.25, 0.3) is 5.56 Å². The van der Waals surface area contributed by atoms with Crippen molar-refractivity contribution in [3.63, 3.8) is 0 Å². The molecule has 3 rings (SSSR count). The maximum atomic E-state index is 11.7. The Bertz CT molecular complexity index is 681. The lowest BCUT2D eigenvalue weighted by atomic mass is 10.2. The summed E-state index contributed by atoms with van der Waals surface area (Å²) in [7, 11) is 0. The van der Waals surface area contributed by atoms with Crippen molar-refractivity contribution in [2.45, 2.75) is 32.2 Å². The molecule has 1 fully saturated rings. The van der Waals surface area contributed by atoms with Crippen molar-refractivity contribution in [1.82, 2.24) is 14.7 Å². The van der Waals surface area contributed by atoms with Crippen molar-refractivity contribution in [3.05, 3.63) is 52.9 Å². The molecule has 1 saturated heterocycles. The van der Waals surface area contributed by atoms with E-state index in [2.05, 4.69) is 16.9 Å². The molecule has 2 heterocycles. The molecule has 0 radical (unpaired) electrons. The monoisotopic (exact) mass is 313 g/mol. The predicted molar refractivity (Wildman–Crippen MR) is 90.2 cm³/mol. The topological polar surface area (TPSA) is 47.4 Å². The van der Waals surface area contributed by atoms with Crippen molar-refractivity contribution in [2.75, 3.05) is 19.7 Å². The molecule has 1 atom stereocenters. The fourth-order valence-corrected chi connectivity index (χ4v) is 3.02. The van der Waals surface area contributed by atoms with Gasteiger partial charge in [-0.3, -0.25) is 4.79 Å². The molecule has 5 heteroatoms. The summed E-state index contributed by atoms with van der Waals surface area (Å²) in [5.74, 6) is 0.826. The van der Waals surface area contributed by atoms with Gasteiger partial charge in [0, 0.05) is 24.8 Å². The maximum Gasteiger partial charge on any atom is 0.271 e. The first kappa shape index (κ1) is 15.7. The van der Waals surface area contributed by atoms with E-state index in [1.807, 2.05) is 24.3 Å². The van der Waals surface area contributed by atoms with Crippen molar-refractivity contribution < 1.29 is 4.74 Å². The minimum Gasteiger partial charge on any atom is -0.494 e. The van der Waals surface area contributed by atoms with Crippen LogP contribution in [0, 0.1) is 0 Å². The third kappa shape index (κ3) is 3.99. The average Bonchev–Trinajstić information content (AvgIpc) is 2.98. The third-order valence-corrected chi connectivity index (χ3v) is 4.35. The summed E-state index contributed by atoms with van der Waals surface area (Å²) in [4.78, 5) is 14.3. The molecule has 1 unspecified atom stereocenters. The van der Waals surface area contributed by atoms with Gasteiger partial charge in [-0.25, -0.2) is 0 Å². The average molecular weight is 313 g/mol. The number of hydrogen-bond donors (Lipinski definition) is 0. The fourth-order valence-electron chi connectivity index (χ4n) is 3.02. The SMILES string of the molecule is CC1CCCN1CCCOc1ccc(-n2ncccc2=O)cc1. The van der Waals surface area contributed by atoms with Gasteiger partial charge in [0.2, 0.25) is 0 Å². The highest BCUT2D eigenvalue weighted by Crippen LogP contribution is 2.17. The molecule has 0 N–H and O–H groups in total. The van der Waals surface area contributed by atoms with Gasteiger partial charge in [-0.2, -0.15) is 9.78 Å². The molecule has 0 amide bonds.